The Kier molecular flexibility index (Phi) is 5.76. The zero-order valence-corrected chi connectivity index (χ0v) is 14.5. The first kappa shape index (κ1) is 17.0. The lowest BCUT2D eigenvalue weighted by atomic mass is 10.1. The SMILES string of the molecule is COc1ccc(OC)c(CN(C)C(=O)C=Cc2cnc(C)s2)c1. The van der Waals surface area contributed by atoms with Gasteiger partial charge in [0.05, 0.1) is 19.2 Å². The maximum Gasteiger partial charge on any atom is 0.246 e. The monoisotopic (exact) mass is 332 g/mol. The Hall–Kier alpha value is -2.34. The predicted molar refractivity (Wildman–Crippen MR) is 91.9 cm³/mol. The van der Waals surface area contributed by atoms with Crippen molar-refractivity contribution in [3.05, 3.63) is 45.9 Å². The van der Waals surface area contributed by atoms with E-state index in [4.69, 9.17) is 9.47 Å². The number of ether oxygens (including phenoxy) is 2. The van der Waals surface area contributed by atoms with Gasteiger partial charge in [0.1, 0.15) is 11.5 Å². The van der Waals surface area contributed by atoms with Crippen molar-refractivity contribution in [1.82, 2.24) is 9.88 Å². The molecule has 0 radical (unpaired) electrons. The van der Waals surface area contributed by atoms with Crippen LogP contribution in [0.2, 0.25) is 0 Å². The maximum atomic E-state index is 12.2. The van der Waals surface area contributed by atoms with Gasteiger partial charge in [0.15, 0.2) is 0 Å². The Morgan fingerprint density at radius 2 is 2.13 bits per heavy atom. The molecule has 0 bridgehead atoms. The summed E-state index contributed by atoms with van der Waals surface area (Å²) in [4.78, 5) is 19.0. The number of thiazole rings is 1. The molecule has 1 aromatic heterocycles. The van der Waals surface area contributed by atoms with Gasteiger partial charge in [0.25, 0.3) is 0 Å². The normalized spacial score (nSPS) is 10.8. The smallest absolute Gasteiger partial charge is 0.246 e. The summed E-state index contributed by atoms with van der Waals surface area (Å²) >= 11 is 1.55. The summed E-state index contributed by atoms with van der Waals surface area (Å²) in [5.74, 6) is 1.38. The van der Waals surface area contributed by atoms with Crippen molar-refractivity contribution in [3.63, 3.8) is 0 Å². The summed E-state index contributed by atoms with van der Waals surface area (Å²) in [6.07, 6.45) is 5.10. The Morgan fingerprint density at radius 3 is 2.74 bits per heavy atom. The molecular weight excluding hydrogens is 312 g/mol. The number of benzene rings is 1. The predicted octanol–water partition coefficient (Wildman–Crippen LogP) is 3.14. The van der Waals surface area contributed by atoms with Gasteiger partial charge < -0.3 is 14.4 Å². The number of carbonyl (C=O) groups is 1. The lowest BCUT2D eigenvalue weighted by Gasteiger charge is -2.18. The number of aromatic nitrogens is 1. The third-order valence-corrected chi connectivity index (χ3v) is 4.18. The molecule has 0 aliphatic carbocycles. The molecule has 6 heteroatoms. The number of rotatable bonds is 6. The van der Waals surface area contributed by atoms with Gasteiger partial charge in [-0.2, -0.15) is 0 Å². The summed E-state index contributed by atoms with van der Waals surface area (Å²) in [6.45, 7) is 2.37. The minimum atomic E-state index is -0.0825. The van der Waals surface area contributed by atoms with Gasteiger partial charge in [0, 0.05) is 36.3 Å². The molecule has 23 heavy (non-hydrogen) atoms. The Bertz CT molecular complexity index is 710. The zero-order valence-electron chi connectivity index (χ0n) is 13.7. The highest BCUT2D eigenvalue weighted by Gasteiger charge is 2.11. The van der Waals surface area contributed by atoms with E-state index < -0.39 is 0 Å². The zero-order chi connectivity index (χ0) is 16.8. The van der Waals surface area contributed by atoms with Crippen LogP contribution in [0.25, 0.3) is 6.08 Å². The summed E-state index contributed by atoms with van der Waals surface area (Å²) in [6, 6.07) is 5.54. The molecule has 122 valence electrons. The highest BCUT2D eigenvalue weighted by molar-refractivity contribution is 7.12. The third-order valence-electron chi connectivity index (χ3n) is 3.30. The number of nitrogens with zero attached hydrogens (tertiary/aromatic N) is 2. The second-order valence-corrected chi connectivity index (χ2v) is 6.25. The summed E-state index contributed by atoms with van der Waals surface area (Å²) in [5, 5.41) is 0.978. The minimum Gasteiger partial charge on any atom is -0.497 e. The standard InChI is InChI=1S/C17H20N2O3S/c1-12-18-10-15(23-12)6-8-17(20)19(2)11-13-9-14(21-3)5-7-16(13)22-4/h5-10H,11H2,1-4H3. The van der Waals surface area contributed by atoms with E-state index in [1.54, 1.807) is 55.9 Å². The van der Waals surface area contributed by atoms with Gasteiger partial charge in [-0.15, -0.1) is 11.3 Å². The molecule has 2 rings (SSSR count). The van der Waals surface area contributed by atoms with Crippen LogP contribution >= 0.6 is 11.3 Å². The molecule has 0 atom stereocenters. The van der Waals surface area contributed by atoms with Crippen LogP contribution in [0, 0.1) is 6.92 Å². The van der Waals surface area contributed by atoms with Crippen molar-refractivity contribution in [3.8, 4) is 11.5 Å². The number of hydrogen-bond acceptors (Lipinski definition) is 5. The lowest BCUT2D eigenvalue weighted by Crippen LogP contribution is -2.24. The van der Waals surface area contributed by atoms with Crippen molar-refractivity contribution < 1.29 is 14.3 Å². The van der Waals surface area contributed by atoms with Crippen molar-refractivity contribution in [1.29, 1.82) is 0 Å². The van der Waals surface area contributed by atoms with E-state index >= 15 is 0 Å². The Morgan fingerprint density at radius 1 is 1.35 bits per heavy atom. The largest absolute Gasteiger partial charge is 0.497 e. The van der Waals surface area contributed by atoms with E-state index in [1.807, 2.05) is 25.1 Å². The third kappa shape index (κ3) is 4.56. The van der Waals surface area contributed by atoms with Crippen LogP contribution in [0.5, 0.6) is 11.5 Å². The van der Waals surface area contributed by atoms with E-state index in [1.165, 1.54) is 0 Å². The molecule has 0 aliphatic rings. The minimum absolute atomic E-state index is 0.0825. The van der Waals surface area contributed by atoms with Crippen LogP contribution in [0.4, 0.5) is 0 Å². The fourth-order valence-corrected chi connectivity index (χ4v) is 2.76. The van der Waals surface area contributed by atoms with Crippen LogP contribution < -0.4 is 9.47 Å². The average molecular weight is 332 g/mol. The number of aryl methyl sites for hydroxylation is 1. The molecule has 0 saturated heterocycles. The van der Waals surface area contributed by atoms with Gasteiger partial charge in [-0.05, 0) is 31.2 Å². The van der Waals surface area contributed by atoms with Gasteiger partial charge in [-0.3, -0.25) is 4.79 Å². The summed E-state index contributed by atoms with van der Waals surface area (Å²) in [7, 11) is 4.98. The second kappa shape index (κ2) is 7.78. The Balaban J connectivity index is 2.07. The number of hydrogen-bond donors (Lipinski definition) is 0. The average Bonchev–Trinajstić information content (AvgIpc) is 2.97. The van der Waals surface area contributed by atoms with E-state index in [0.29, 0.717) is 6.54 Å². The number of methoxy groups -OCH3 is 2. The van der Waals surface area contributed by atoms with Gasteiger partial charge in [-0.1, -0.05) is 0 Å². The van der Waals surface area contributed by atoms with Crippen LogP contribution in [-0.2, 0) is 11.3 Å². The van der Waals surface area contributed by atoms with Crippen molar-refractivity contribution in [2.45, 2.75) is 13.5 Å². The molecule has 0 spiro atoms. The van der Waals surface area contributed by atoms with Crippen molar-refractivity contribution >= 4 is 23.3 Å². The Labute approximate surface area is 140 Å². The van der Waals surface area contributed by atoms with Crippen LogP contribution in [0.1, 0.15) is 15.4 Å². The van der Waals surface area contributed by atoms with Crippen molar-refractivity contribution in [2.75, 3.05) is 21.3 Å². The van der Waals surface area contributed by atoms with E-state index in [9.17, 15) is 4.79 Å². The molecular formula is C17H20N2O3S. The molecule has 0 aliphatic heterocycles. The second-order valence-electron chi connectivity index (χ2n) is 4.99. The van der Waals surface area contributed by atoms with E-state index in [2.05, 4.69) is 4.98 Å². The quantitative estimate of drug-likeness (QED) is 0.763. The molecule has 1 aromatic carbocycles. The van der Waals surface area contributed by atoms with Crippen LogP contribution in [0.15, 0.2) is 30.5 Å². The molecule has 0 fully saturated rings. The van der Waals surface area contributed by atoms with Crippen LogP contribution in [-0.4, -0.2) is 37.1 Å². The molecule has 0 N–H and O–H groups in total. The molecule has 0 saturated carbocycles. The first-order valence-electron chi connectivity index (χ1n) is 7.10. The summed E-state index contributed by atoms with van der Waals surface area (Å²) < 4.78 is 10.6. The molecule has 2 aromatic rings. The molecule has 1 heterocycles. The fourth-order valence-electron chi connectivity index (χ4n) is 2.07. The highest BCUT2D eigenvalue weighted by atomic mass is 32.1. The van der Waals surface area contributed by atoms with E-state index in [0.717, 1.165) is 26.9 Å². The lowest BCUT2D eigenvalue weighted by molar-refractivity contribution is -0.125. The number of likely N-dealkylation sites (N-methyl/N-ethyl adjacent to an activating group) is 1. The highest BCUT2D eigenvalue weighted by Crippen LogP contribution is 2.25. The fraction of sp³-hybridized carbons (Fsp3) is 0.294. The topological polar surface area (TPSA) is 51.7 Å². The number of carbonyl (C=O) groups excluding carboxylic acids is 1. The van der Waals surface area contributed by atoms with Gasteiger partial charge in [0.2, 0.25) is 5.91 Å². The molecule has 0 unspecified atom stereocenters. The van der Waals surface area contributed by atoms with Crippen LogP contribution in [0.3, 0.4) is 0 Å². The van der Waals surface area contributed by atoms with Gasteiger partial charge in [-0.25, -0.2) is 4.98 Å². The molecule has 1 amide bonds. The first-order chi connectivity index (χ1) is 11.0. The molecule has 5 nitrogen and oxygen atoms in total. The van der Waals surface area contributed by atoms with Crippen molar-refractivity contribution in [2.24, 2.45) is 0 Å². The van der Waals surface area contributed by atoms with E-state index in [-0.39, 0.29) is 5.91 Å². The maximum absolute atomic E-state index is 12.2. The number of amides is 1. The van der Waals surface area contributed by atoms with Gasteiger partial charge >= 0.3 is 0 Å². The first-order valence-corrected chi connectivity index (χ1v) is 7.91. The summed E-state index contributed by atoms with van der Waals surface area (Å²) in [5.41, 5.74) is 0.893.